The van der Waals surface area contributed by atoms with E-state index in [-0.39, 0.29) is 23.7 Å². The van der Waals surface area contributed by atoms with Crippen LogP contribution in [0.1, 0.15) is 11.8 Å². The van der Waals surface area contributed by atoms with Crippen molar-refractivity contribution in [3.05, 3.63) is 53.7 Å². The average Bonchev–Trinajstić information content (AvgIpc) is 3.53. The lowest BCUT2D eigenvalue weighted by atomic mass is 10.1. The normalized spacial score (nSPS) is 22.4. The zero-order chi connectivity index (χ0) is 25.6. The standard InChI is InChI=1S/C21H22N5O8PS/c22-21-23-18-15(19(29)24-21)25(8-11-3-5-12(6-4-11)14-2-1-7-36-14)10-26(18)20-17(28)16(27)13(34-20)9-33-35(30,31)32/h1-7,10,13,16-17,20,27-28H,8-9H2,(H4-,22,23,24,29,30,31,32)/t13-,16-,17-,20-/m0/s1. The number of aromatic nitrogens is 4. The molecule has 5 rings (SSSR count). The van der Waals surface area contributed by atoms with Crippen molar-refractivity contribution in [1.29, 1.82) is 0 Å². The Kier molecular flexibility index (Phi) is 6.53. The first-order valence-electron chi connectivity index (χ1n) is 10.7. The molecule has 1 aromatic carbocycles. The van der Waals surface area contributed by atoms with E-state index in [2.05, 4.69) is 14.5 Å². The summed E-state index contributed by atoms with van der Waals surface area (Å²) in [4.78, 5) is 26.9. The molecule has 0 unspecified atom stereocenters. The van der Waals surface area contributed by atoms with Crippen molar-refractivity contribution in [2.75, 3.05) is 12.3 Å². The van der Waals surface area contributed by atoms with Gasteiger partial charge in [0.1, 0.15) is 18.3 Å². The van der Waals surface area contributed by atoms with E-state index in [0.717, 1.165) is 16.0 Å². The maximum atomic E-state index is 12.7. The highest BCUT2D eigenvalue weighted by Gasteiger charge is 2.47. The van der Waals surface area contributed by atoms with Crippen molar-refractivity contribution in [2.45, 2.75) is 31.1 Å². The quantitative estimate of drug-likeness (QED) is 0.156. The molecule has 15 heteroatoms. The highest BCUT2D eigenvalue weighted by molar-refractivity contribution is 7.46. The number of aliphatic hydroxyl groups is 2. The van der Waals surface area contributed by atoms with Crippen LogP contribution in [0.5, 0.6) is 5.88 Å². The average molecular weight is 535 g/mol. The van der Waals surface area contributed by atoms with E-state index >= 15 is 0 Å². The molecule has 0 radical (unpaired) electrons. The van der Waals surface area contributed by atoms with Crippen LogP contribution in [-0.2, 0) is 20.4 Å². The molecular formula is C21H22N5O8PS. The number of phosphoric acid groups is 1. The fourth-order valence-electron chi connectivity index (χ4n) is 4.12. The number of rotatable bonds is 7. The SMILES string of the molecule is Nc1nc([O-])c2c(n1)[n+]([C@H]1O[C@@H](COP(=O)(O)O)[C@H](O)[C@@H]1O)cn2Cc1ccc(-c2cccs2)cc1. The smallest absolute Gasteiger partial charge is 0.469 e. The Morgan fingerprint density at radius 2 is 1.94 bits per heavy atom. The van der Waals surface area contributed by atoms with E-state index in [9.17, 15) is 19.9 Å². The van der Waals surface area contributed by atoms with Gasteiger partial charge >= 0.3 is 13.5 Å². The predicted molar refractivity (Wildman–Crippen MR) is 124 cm³/mol. The van der Waals surface area contributed by atoms with Crippen LogP contribution >= 0.6 is 19.2 Å². The van der Waals surface area contributed by atoms with Crippen molar-refractivity contribution in [1.82, 2.24) is 14.5 Å². The Morgan fingerprint density at radius 3 is 2.61 bits per heavy atom. The van der Waals surface area contributed by atoms with Gasteiger partial charge in [-0.25, -0.2) is 14.1 Å². The number of phosphoric ester groups is 1. The Morgan fingerprint density at radius 1 is 1.19 bits per heavy atom. The molecule has 1 aliphatic rings. The lowest BCUT2D eigenvalue weighted by Crippen LogP contribution is -2.46. The molecule has 0 bridgehead atoms. The van der Waals surface area contributed by atoms with E-state index in [4.69, 9.17) is 20.3 Å². The molecule has 190 valence electrons. The van der Waals surface area contributed by atoms with Crippen molar-refractivity contribution < 1.29 is 43.5 Å². The maximum absolute atomic E-state index is 12.7. The minimum atomic E-state index is -4.82. The van der Waals surface area contributed by atoms with Crippen LogP contribution in [0.25, 0.3) is 21.6 Å². The van der Waals surface area contributed by atoms with Gasteiger partial charge in [-0.2, -0.15) is 0 Å². The minimum absolute atomic E-state index is 0.0653. The Hall–Kier alpha value is -2.94. The van der Waals surface area contributed by atoms with Crippen LogP contribution in [0.15, 0.2) is 48.1 Å². The third-order valence-electron chi connectivity index (χ3n) is 5.78. The number of imidazole rings is 1. The first-order valence-corrected chi connectivity index (χ1v) is 13.1. The molecule has 4 aromatic rings. The molecule has 0 spiro atoms. The van der Waals surface area contributed by atoms with Gasteiger partial charge in [0.2, 0.25) is 6.23 Å². The lowest BCUT2D eigenvalue weighted by Gasteiger charge is -2.14. The monoisotopic (exact) mass is 535 g/mol. The molecule has 36 heavy (non-hydrogen) atoms. The highest BCUT2D eigenvalue weighted by Crippen LogP contribution is 2.38. The molecule has 0 saturated carbocycles. The Bertz CT molecular complexity index is 1420. The van der Waals surface area contributed by atoms with E-state index in [1.807, 2.05) is 41.8 Å². The summed E-state index contributed by atoms with van der Waals surface area (Å²) in [5.74, 6) is -0.922. The van der Waals surface area contributed by atoms with Gasteiger partial charge in [-0.05, 0) is 22.6 Å². The number of ether oxygens (including phenoxy) is 1. The lowest BCUT2D eigenvalue weighted by molar-refractivity contribution is -0.745. The van der Waals surface area contributed by atoms with Crippen LogP contribution in [0, 0.1) is 0 Å². The molecular weight excluding hydrogens is 513 g/mol. The summed E-state index contributed by atoms with van der Waals surface area (Å²) < 4.78 is 24.0. The molecule has 1 fully saturated rings. The fraction of sp³-hybridized carbons (Fsp3) is 0.286. The maximum Gasteiger partial charge on any atom is 0.469 e. The minimum Gasteiger partial charge on any atom is -0.856 e. The second kappa shape index (κ2) is 9.50. The molecule has 0 amide bonds. The van der Waals surface area contributed by atoms with Crippen LogP contribution in [0.3, 0.4) is 0 Å². The summed E-state index contributed by atoms with van der Waals surface area (Å²) in [5.41, 5.74) is 7.80. The van der Waals surface area contributed by atoms with Crippen LogP contribution in [0.2, 0.25) is 0 Å². The summed E-state index contributed by atoms with van der Waals surface area (Å²) >= 11 is 1.63. The van der Waals surface area contributed by atoms with Gasteiger partial charge in [-0.1, -0.05) is 35.3 Å². The number of aliphatic hydroxyl groups excluding tert-OH is 2. The van der Waals surface area contributed by atoms with Gasteiger partial charge < -0.3 is 35.6 Å². The third kappa shape index (κ3) is 4.85. The third-order valence-corrected chi connectivity index (χ3v) is 7.18. The largest absolute Gasteiger partial charge is 0.856 e. The summed E-state index contributed by atoms with van der Waals surface area (Å²) in [6, 6.07) is 11.8. The molecule has 4 heterocycles. The number of nitrogens with zero attached hydrogens (tertiary/aromatic N) is 4. The van der Waals surface area contributed by atoms with Gasteiger partial charge in [0.25, 0.3) is 5.95 Å². The zero-order valence-corrected chi connectivity index (χ0v) is 20.2. The first kappa shape index (κ1) is 24.7. The van der Waals surface area contributed by atoms with Crippen LogP contribution < -0.4 is 15.4 Å². The summed E-state index contributed by atoms with van der Waals surface area (Å²) in [7, 11) is -4.82. The molecule has 1 aliphatic heterocycles. The van der Waals surface area contributed by atoms with Gasteiger partial charge in [0.05, 0.1) is 13.2 Å². The van der Waals surface area contributed by atoms with Crippen LogP contribution in [0.4, 0.5) is 5.95 Å². The van der Waals surface area contributed by atoms with E-state index in [1.54, 1.807) is 15.9 Å². The zero-order valence-electron chi connectivity index (χ0n) is 18.5. The summed E-state index contributed by atoms with van der Waals surface area (Å²) in [5, 5.41) is 35.7. The van der Waals surface area contributed by atoms with Crippen molar-refractivity contribution in [2.24, 2.45) is 0 Å². The second-order valence-electron chi connectivity index (χ2n) is 8.22. The number of nitrogens with two attached hydrogens (primary N) is 1. The number of benzene rings is 1. The summed E-state index contributed by atoms with van der Waals surface area (Å²) in [6.45, 7) is -0.411. The van der Waals surface area contributed by atoms with Gasteiger partial charge in [0, 0.05) is 10.8 Å². The number of anilines is 1. The number of hydrogen-bond acceptors (Lipinski definition) is 10. The molecule has 4 atom stereocenters. The summed E-state index contributed by atoms with van der Waals surface area (Å²) in [6.07, 6.45) is -4.05. The van der Waals surface area contributed by atoms with Gasteiger partial charge in [-0.15, -0.1) is 11.3 Å². The topological polar surface area (TPSA) is 200 Å². The fourth-order valence-corrected chi connectivity index (χ4v) is 5.19. The van der Waals surface area contributed by atoms with Crippen molar-refractivity contribution in [3.8, 4) is 16.3 Å². The molecule has 1 saturated heterocycles. The molecule has 0 aliphatic carbocycles. The number of nitrogen functional groups attached to an aromatic ring is 1. The Balaban J connectivity index is 1.48. The van der Waals surface area contributed by atoms with E-state index in [1.165, 1.54) is 10.9 Å². The molecule has 6 N–H and O–H groups in total. The van der Waals surface area contributed by atoms with Crippen molar-refractivity contribution >= 4 is 36.3 Å². The predicted octanol–water partition coefficient (Wildman–Crippen LogP) is -0.120. The first-order chi connectivity index (χ1) is 17.1. The Labute approximate surface area is 207 Å². The number of fused-ring (bicyclic) bond motifs is 1. The molecule has 3 aromatic heterocycles. The van der Waals surface area contributed by atoms with Gasteiger partial charge in [0.15, 0.2) is 11.8 Å². The second-order valence-corrected chi connectivity index (χ2v) is 10.4. The van der Waals surface area contributed by atoms with E-state index in [0.29, 0.717) is 0 Å². The van der Waals surface area contributed by atoms with Crippen LogP contribution in [-0.4, -0.2) is 59.5 Å². The number of hydrogen-bond donors (Lipinski definition) is 5. The number of thiophene rings is 1. The van der Waals surface area contributed by atoms with Crippen molar-refractivity contribution in [3.63, 3.8) is 0 Å². The molecule has 13 nitrogen and oxygen atoms in total. The van der Waals surface area contributed by atoms with E-state index < -0.39 is 44.8 Å². The van der Waals surface area contributed by atoms with Gasteiger partial charge in [-0.3, -0.25) is 9.09 Å². The highest BCUT2D eigenvalue weighted by atomic mass is 32.1.